The van der Waals surface area contributed by atoms with Crippen molar-refractivity contribution in [3.8, 4) is 5.69 Å². The van der Waals surface area contributed by atoms with Crippen LogP contribution in [0.5, 0.6) is 0 Å². The number of nitrogens with zero attached hydrogens (tertiary/aromatic N) is 5. The summed E-state index contributed by atoms with van der Waals surface area (Å²) in [5, 5.41) is 7.59. The van der Waals surface area contributed by atoms with Crippen molar-refractivity contribution >= 4 is 45.4 Å². The van der Waals surface area contributed by atoms with Crippen LogP contribution < -0.4 is 26.6 Å². The Balaban J connectivity index is 1.32. The predicted octanol–water partition coefficient (Wildman–Crippen LogP) is 5.32. The summed E-state index contributed by atoms with van der Waals surface area (Å²) in [6.45, 7) is 9.41. The van der Waals surface area contributed by atoms with Gasteiger partial charge < -0.3 is 20.6 Å². The monoisotopic (exact) mass is 639 g/mol. The van der Waals surface area contributed by atoms with Crippen LogP contribution in [0.15, 0.2) is 61.3 Å². The fourth-order valence-electron chi connectivity index (χ4n) is 4.61. The van der Waals surface area contributed by atoms with Crippen LogP contribution in [0.2, 0.25) is 0 Å². The van der Waals surface area contributed by atoms with Gasteiger partial charge in [0.05, 0.1) is 40.4 Å². The van der Waals surface area contributed by atoms with Crippen molar-refractivity contribution < 1.29 is 22.8 Å². The topological polar surface area (TPSA) is 119 Å². The molecule has 3 heterocycles. The molecule has 236 valence electrons. The van der Waals surface area contributed by atoms with E-state index in [4.69, 9.17) is 0 Å². The molecular weight excluding hydrogens is 607 g/mol. The summed E-state index contributed by atoms with van der Waals surface area (Å²) in [5.74, 6) is -0.719. The first kappa shape index (κ1) is 31.7. The van der Waals surface area contributed by atoms with Crippen molar-refractivity contribution in [3.63, 3.8) is 0 Å². The first-order valence-corrected chi connectivity index (χ1v) is 14.9. The maximum absolute atomic E-state index is 13.7. The molecule has 0 saturated heterocycles. The normalized spacial score (nSPS) is 13.2. The zero-order valence-electron chi connectivity index (χ0n) is 25.0. The number of amides is 2. The molecule has 4 N–H and O–H groups in total. The Morgan fingerprint density at radius 2 is 1.82 bits per heavy atom. The summed E-state index contributed by atoms with van der Waals surface area (Å²) in [7, 11) is 0. The van der Waals surface area contributed by atoms with Gasteiger partial charge in [0.2, 0.25) is 5.91 Å². The number of aromatic nitrogens is 3. The Kier molecular flexibility index (Phi) is 9.22. The number of alkyl halides is 3. The molecule has 11 nitrogen and oxygen atoms in total. The summed E-state index contributed by atoms with van der Waals surface area (Å²) in [5.41, 5.74) is 8.46. The van der Waals surface area contributed by atoms with E-state index in [1.807, 2.05) is 25.7 Å². The number of halogens is 3. The molecule has 2 aromatic heterocycles. The zero-order chi connectivity index (χ0) is 32.3. The summed E-state index contributed by atoms with van der Waals surface area (Å²) >= 11 is 1.31. The highest BCUT2D eigenvalue weighted by atomic mass is 32.1. The quantitative estimate of drug-likeness (QED) is 0.184. The van der Waals surface area contributed by atoms with E-state index >= 15 is 0 Å². The molecule has 15 heteroatoms. The lowest BCUT2D eigenvalue weighted by Gasteiger charge is -2.19. The average Bonchev–Trinajstić information content (AvgIpc) is 3.77. The lowest BCUT2D eigenvalue weighted by atomic mass is 10.1. The fourth-order valence-corrected chi connectivity index (χ4v) is 5.40. The first-order valence-electron chi connectivity index (χ1n) is 14.1. The Morgan fingerprint density at radius 1 is 1.04 bits per heavy atom. The van der Waals surface area contributed by atoms with Gasteiger partial charge in [0, 0.05) is 35.5 Å². The SMILES string of the molecule is CCN(CC)CC(=O)Nc1ncc(C2=CN(c3cc(C(=O)Nc4cc(-n5cnc(C)c5)cc(C(F)(F)F)c4)ccc3C)NN2)s1. The molecule has 45 heavy (non-hydrogen) atoms. The summed E-state index contributed by atoms with van der Waals surface area (Å²) < 4.78 is 42.6. The average molecular weight is 640 g/mol. The lowest BCUT2D eigenvalue weighted by molar-refractivity contribution is -0.137. The molecule has 0 saturated carbocycles. The van der Waals surface area contributed by atoms with Crippen molar-refractivity contribution in [2.75, 3.05) is 35.3 Å². The number of benzene rings is 2. The number of imidazole rings is 1. The number of likely N-dealkylation sites (N-methyl/N-ethyl adjacent to an activating group) is 1. The number of rotatable bonds is 10. The third-order valence-corrected chi connectivity index (χ3v) is 8.04. The van der Waals surface area contributed by atoms with E-state index in [1.165, 1.54) is 28.3 Å². The van der Waals surface area contributed by atoms with Gasteiger partial charge in [0.1, 0.15) is 0 Å². The third kappa shape index (κ3) is 7.50. The molecule has 5 rings (SSSR count). The molecule has 0 spiro atoms. The van der Waals surface area contributed by atoms with E-state index in [0.717, 1.165) is 35.7 Å². The molecule has 0 atom stereocenters. The standard InChI is InChI=1S/C30H32F3N9O2S/c1-5-40(6-2)16-27(43)37-29-34-13-26(45-29)24-15-42(39-38-24)25-9-20(8-7-18(25)3)28(44)36-22-10-21(30(31,32)33)11-23(12-22)41-14-19(4)35-17-41/h7-15,17,38-39H,5-6,16H2,1-4H3,(H,36,44)(H,34,37,43). The highest BCUT2D eigenvalue weighted by Gasteiger charge is 2.32. The lowest BCUT2D eigenvalue weighted by Crippen LogP contribution is -2.36. The second-order valence-corrected chi connectivity index (χ2v) is 11.4. The minimum Gasteiger partial charge on any atom is -0.322 e. The van der Waals surface area contributed by atoms with E-state index < -0.39 is 17.6 Å². The van der Waals surface area contributed by atoms with Gasteiger partial charge >= 0.3 is 6.18 Å². The number of hydrogen-bond donors (Lipinski definition) is 4. The summed E-state index contributed by atoms with van der Waals surface area (Å²) in [4.78, 5) is 36.8. The van der Waals surface area contributed by atoms with Crippen LogP contribution >= 0.6 is 11.3 Å². The molecule has 4 aromatic rings. The van der Waals surface area contributed by atoms with Gasteiger partial charge in [0.25, 0.3) is 5.91 Å². The Labute approximate surface area is 261 Å². The van der Waals surface area contributed by atoms with Crippen LogP contribution in [-0.4, -0.2) is 50.9 Å². The molecule has 0 fully saturated rings. The Bertz CT molecular complexity index is 1740. The van der Waals surface area contributed by atoms with E-state index in [0.29, 0.717) is 22.2 Å². The number of anilines is 3. The van der Waals surface area contributed by atoms with Crippen LogP contribution in [0.25, 0.3) is 11.4 Å². The number of aryl methyl sites for hydroxylation is 2. The molecule has 2 amide bonds. The van der Waals surface area contributed by atoms with E-state index in [-0.39, 0.29) is 29.4 Å². The fraction of sp³-hybridized carbons (Fsp3) is 0.267. The number of hydrogen-bond acceptors (Lipinski definition) is 9. The smallest absolute Gasteiger partial charge is 0.322 e. The minimum absolute atomic E-state index is 0.00774. The molecule has 0 unspecified atom stereocenters. The van der Waals surface area contributed by atoms with Crippen LogP contribution in [0.1, 0.15) is 45.9 Å². The largest absolute Gasteiger partial charge is 0.416 e. The Hall–Kier alpha value is -4.73. The molecular formula is C30H32F3N9O2S. The molecule has 1 aliphatic heterocycles. The van der Waals surface area contributed by atoms with E-state index in [2.05, 4.69) is 31.6 Å². The highest BCUT2D eigenvalue weighted by molar-refractivity contribution is 7.16. The molecule has 0 aliphatic carbocycles. The van der Waals surface area contributed by atoms with Crippen LogP contribution in [0.4, 0.5) is 29.7 Å². The van der Waals surface area contributed by atoms with Gasteiger partial charge in [-0.05, 0) is 62.8 Å². The van der Waals surface area contributed by atoms with Gasteiger partial charge in [0.15, 0.2) is 5.13 Å². The molecule has 1 aliphatic rings. The van der Waals surface area contributed by atoms with Gasteiger partial charge in [-0.1, -0.05) is 31.3 Å². The van der Waals surface area contributed by atoms with Gasteiger partial charge in [-0.2, -0.15) is 13.2 Å². The van der Waals surface area contributed by atoms with Crippen molar-refractivity contribution in [2.45, 2.75) is 33.9 Å². The van der Waals surface area contributed by atoms with Crippen molar-refractivity contribution in [2.24, 2.45) is 0 Å². The number of hydrazine groups is 2. The molecule has 0 radical (unpaired) electrons. The van der Waals surface area contributed by atoms with E-state index in [1.54, 1.807) is 48.7 Å². The van der Waals surface area contributed by atoms with E-state index in [9.17, 15) is 22.8 Å². The number of carbonyl (C=O) groups is 2. The number of carbonyl (C=O) groups excluding carboxylic acids is 2. The van der Waals surface area contributed by atoms with Crippen molar-refractivity contribution in [1.29, 1.82) is 0 Å². The number of nitrogens with one attached hydrogen (secondary N) is 4. The minimum atomic E-state index is -4.61. The second kappa shape index (κ2) is 13.1. The van der Waals surface area contributed by atoms with Gasteiger partial charge in [-0.25, -0.2) is 9.97 Å². The predicted molar refractivity (Wildman–Crippen MR) is 168 cm³/mol. The van der Waals surface area contributed by atoms with Crippen LogP contribution in [0.3, 0.4) is 0 Å². The Morgan fingerprint density at radius 3 is 2.51 bits per heavy atom. The van der Waals surface area contributed by atoms with Crippen molar-refractivity contribution in [1.82, 2.24) is 30.4 Å². The van der Waals surface area contributed by atoms with Crippen molar-refractivity contribution in [3.05, 3.63) is 88.6 Å². The molecule has 2 aromatic carbocycles. The second-order valence-electron chi connectivity index (χ2n) is 10.3. The highest BCUT2D eigenvalue weighted by Crippen LogP contribution is 2.34. The zero-order valence-corrected chi connectivity index (χ0v) is 25.8. The first-order chi connectivity index (χ1) is 21.4. The maximum atomic E-state index is 13.7. The van der Waals surface area contributed by atoms with Gasteiger partial charge in [-0.3, -0.25) is 19.5 Å². The van der Waals surface area contributed by atoms with Crippen LogP contribution in [0, 0.1) is 13.8 Å². The number of thiazole rings is 1. The maximum Gasteiger partial charge on any atom is 0.416 e. The molecule has 0 bridgehead atoms. The van der Waals surface area contributed by atoms with Gasteiger partial charge in [-0.15, -0.1) is 5.53 Å². The van der Waals surface area contributed by atoms with Crippen LogP contribution in [-0.2, 0) is 11.0 Å². The third-order valence-electron chi connectivity index (χ3n) is 7.09. The summed E-state index contributed by atoms with van der Waals surface area (Å²) in [6, 6.07) is 8.35. The summed E-state index contributed by atoms with van der Waals surface area (Å²) in [6.07, 6.45) is 1.83.